The van der Waals surface area contributed by atoms with Crippen LogP contribution < -0.4 is 0 Å². The van der Waals surface area contributed by atoms with E-state index in [9.17, 15) is 5.21 Å². The van der Waals surface area contributed by atoms with Crippen LogP contribution in [0.4, 0.5) is 0 Å². The zero-order valence-electron chi connectivity index (χ0n) is 7.55. The predicted octanol–water partition coefficient (Wildman–Crippen LogP) is 2.31. The average Bonchev–Trinajstić information content (AvgIpc) is 2.55. The van der Waals surface area contributed by atoms with E-state index < -0.39 is 0 Å². The number of nitriles is 1. The molecule has 0 aliphatic rings. The van der Waals surface area contributed by atoms with Gasteiger partial charge in [-0.25, -0.2) is 4.98 Å². The number of halogens is 1. The standard InChI is InChI=1S/C10H6ClN3O/c11-10-9(7-4-2-1-3-5-7)14(15)8(6-12)13-10/h1-5,15H. The molecule has 0 fully saturated rings. The Morgan fingerprint density at radius 3 is 2.53 bits per heavy atom. The largest absolute Gasteiger partial charge is 0.426 e. The van der Waals surface area contributed by atoms with Crippen LogP contribution in [-0.2, 0) is 0 Å². The van der Waals surface area contributed by atoms with Gasteiger partial charge in [-0.3, -0.25) is 0 Å². The van der Waals surface area contributed by atoms with Crippen LogP contribution in [0.15, 0.2) is 30.3 Å². The molecule has 2 rings (SSSR count). The minimum atomic E-state index is -0.126. The Morgan fingerprint density at radius 2 is 2.00 bits per heavy atom. The molecular weight excluding hydrogens is 214 g/mol. The third-order valence-electron chi connectivity index (χ3n) is 1.96. The Kier molecular flexibility index (Phi) is 2.32. The number of benzene rings is 1. The maximum Gasteiger partial charge on any atom is 0.248 e. The zero-order chi connectivity index (χ0) is 10.8. The normalized spacial score (nSPS) is 9.87. The molecule has 2 aromatic rings. The van der Waals surface area contributed by atoms with Crippen molar-refractivity contribution in [1.82, 2.24) is 9.71 Å². The van der Waals surface area contributed by atoms with E-state index in [1.165, 1.54) is 0 Å². The van der Waals surface area contributed by atoms with Crippen LogP contribution in [0, 0.1) is 11.3 Å². The second kappa shape index (κ2) is 3.64. The Hall–Kier alpha value is -1.99. The maximum atomic E-state index is 9.61. The molecule has 0 aliphatic heterocycles. The molecule has 0 atom stereocenters. The van der Waals surface area contributed by atoms with Crippen molar-refractivity contribution >= 4 is 11.6 Å². The lowest BCUT2D eigenvalue weighted by Crippen LogP contribution is -1.96. The summed E-state index contributed by atoms with van der Waals surface area (Å²) < 4.78 is 0.692. The van der Waals surface area contributed by atoms with Crippen LogP contribution in [-0.4, -0.2) is 14.9 Å². The van der Waals surface area contributed by atoms with E-state index in [-0.39, 0.29) is 11.0 Å². The number of rotatable bonds is 1. The van der Waals surface area contributed by atoms with E-state index in [0.717, 1.165) is 0 Å². The van der Waals surface area contributed by atoms with Gasteiger partial charge in [0.05, 0.1) is 0 Å². The van der Waals surface area contributed by atoms with Crippen molar-refractivity contribution in [2.45, 2.75) is 0 Å². The first-order valence-electron chi connectivity index (χ1n) is 4.17. The average molecular weight is 220 g/mol. The van der Waals surface area contributed by atoms with Gasteiger partial charge in [0.25, 0.3) is 0 Å². The van der Waals surface area contributed by atoms with Crippen molar-refractivity contribution in [3.8, 4) is 17.3 Å². The molecule has 0 saturated carbocycles. The summed E-state index contributed by atoms with van der Waals surface area (Å²) in [4.78, 5) is 3.72. The van der Waals surface area contributed by atoms with E-state index in [4.69, 9.17) is 16.9 Å². The van der Waals surface area contributed by atoms with Crippen molar-refractivity contribution < 1.29 is 5.21 Å². The molecule has 1 aromatic carbocycles. The molecule has 0 aliphatic carbocycles. The molecule has 0 bridgehead atoms. The smallest absolute Gasteiger partial charge is 0.248 e. The molecule has 74 valence electrons. The Balaban J connectivity index is 2.65. The van der Waals surface area contributed by atoms with E-state index in [0.29, 0.717) is 16.0 Å². The summed E-state index contributed by atoms with van der Waals surface area (Å²) in [6.45, 7) is 0. The van der Waals surface area contributed by atoms with Crippen molar-refractivity contribution in [3.63, 3.8) is 0 Å². The molecule has 15 heavy (non-hydrogen) atoms. The summed E-state index contributed by atoms with van der Waals surface area (Å²) in [5, 5.41) is 18.4. The summed E-state index contributed by atoms with van der Waals surface area (Å²) >= 11 is 5.82. The van der Waals surface area contributed by atoms with Crippen LogP contribution >= 0.6 is 11.6 Å². The molecule has 1 N–H and O–H groups in total. The SMILES string of the molecule is N#Cc1nc(Cl)c(-c2ccccc2)n1O. The number of nitrogens with zero attached hydrogens (tertiary/aromatic N) is 3. The van der Waals surface area contributed by atoms with Crippen LogP contribution in [0.1, 0.15) is 5.82 Å². The molecule has 1 heterocycles. The minimum absolute atomic E-state index is 0.111. The van der Waals surface area contributed by atoms with Crippen LogP contribution in [0.25, 0.3) is 11.3 Å². The van der Waals surface area contributed by atoms with Gasteiger partial charge in [0.15, 0.2) is 5.15 Å². The maximum absolute atomic E-state index is 9.61. The van der Waals surface area contributed by atoms with Crippen molar-refractivity contribution in [2.75, 3.05) is 0 Å². The van der Waals surface area contributed by atoms with Gasteiger partial charge >= 0.3 is 0 Å². The fourth-order valence-corrected chi connectivity index (χ4v) is 1.57. The highest BCUT2D eigenvalue weighted by molar-refractivity contribution is 6.32. The highest BCUT2D eigenvalue weighted by Crippen LogP contribution is 2.27. The van der Waals surface area contributed by atoms with E-state index in [1.54, 1.807) is 18.2 Å². The van der Waals surface area contributed by atoms with Crippen LogP contribution in [0.2, 0.25) is 5.15 Å². The first-order chi connectivity index (χ1) is 7.24. The number of imidazole rings is 1. The summed E-state index contributed by atoms with van der Waals surface area (Å²) in [5.41, 5.74) is 1.04. The molecule has 4 nitrogen and oxygen atoms in total. The molecule has 0 spiro atoms. The first kappa shape index (κ1) is 9.56. The summed E-state index contributed by atoms with van der Waals surface area (Å²) in [6, 6.07) is 10.8. The van der Waals surface area contributed by atoms with Gasteiger partial charge in [0.1, 0.15) is 11.8 Å². The summed E-state index contributed by atoms with van der Waals surface area (Å²) in [5.74, 6) is -0.126. The summed E-state index contributed by atoms with van der Waals surface area (Å²) in [6.07, 6.45) is 0. The molecular formula is C10H6ClN3O. The summed E-state index contributed by atoms with van der Waals surface area (Å²) in [7, 11) is 0. The molecule has 0 saturated heterocycles. The van der Waals surface area contributed by atoms with Gasteiger partial charge in [0, 0.05) is 5.56 Å². The molecule has 0 amide bonds. The van der Waals surface area contributed by atoms with Crippen molar-refractivity contribution in [3.05, 3.63) is 41.3 Å². The van der Waals surface area contributed by atoms with Crippen LogP contribution in [0.3, 0.4) is 0 Å². The molecule has 0 unspecified atom stereocenters. The monoisotopic (exact) mass is 219 g/mol. The predicted molar refractivity (Wildman–Crippen MR) is 54.6 cm³/mol. The van der Waals surface area contributed by atoms with E-state index in [2.05, 4.69) is 4.98 Å². The van der Waals surface area contributed by atoms with Crippen molar-refractivity contribution in [1.29, 1.82) is 5.26 Å². The molecule has 5 heteroatoms. The van der Waals surface area contributed by atoms with E-state index >= 15 is 0 Å². The number of hydrogen-bond acceptors (Lipinski definition) is 3. The van der Waals surface area contributed by atoms with Gasteiger partial charge in [-0.05, 0) is 0 Å². The fraction of sp³-hybridized carbons (Fsp3) is 0. The third kappa shape index (κ3) is 1.53. The fourth-order valence-electron chi connectivity index (χ4n) is 1.30. The second-order valence-corrected chi connectivity index (χ2v) is 3.22. The third-order valence-corrected chi connectivity index (χ3v) is 2.22. The first-order valence-corrected chi connectivity index (χ1v) is 4.55. The zero-order valence-corrected chi connectivity index (χ0v) is 8.31. The van der Waals surface area contributed by atoms with Gasteiger partial charge < -0.3 is 5.21 Å². The Morgan fingerprint density at radius 1 is 1.33 bits per heavy atom. The minimum Gasteiger partial charge on any atom is -0.426 e. The number of aromatic nitrogens is 2. The van der Waals surface area contributed by atoms with Gasteiger partial charge in [-0.1, -0.05) is 41.9 Å². The lowest BCUT2D eigenvalue weighted by Gasteiger charge is -2.00. The lowest BCUT2D eigenvalue weighted by molar-refractivity contribution is 0.187. The van der Waals surface area contributed by atoms with Gasteiger partial charge in [-0.2, -0.15) is 9.99 Å². The highest BCUT2D eigenvalue weighted by Gasteiger charge is 2.16. The second-order valence-electron chi connectivity index (χ2n) is 2.86. The Labute approximate surface area is 90.9 Å². The van der Waals surface area contributed by atoms with Gasteiger partial charge in [-0.15, -0.1) is 0 Å². The quantitative estimate of drug-likeness (QED) is 0.749. The van der Waals surface area contributed by atoms with Crippen molar-refractivity contribution in [2.24, 2.45) is 0 Å². The topological polar surface area (TPSA) is 61.8 Å². The van der Waals surface area contributed by atoms with E-state index in [1.807, 2.05) is 18.2 Å². The molecule has 0 radical (unpaired) electrons. The van der Waals surface area contributed by atoms with Gasteiger partial charge in [0.2, 0.25) is 5.82 Å². The van der Waals surface area contributed by atoms with Crippen LogP contribution in [0.5, 0.6) is 0 Å². The Bertz CT molecular complexity index is 528. The molecule has 1 aromatic heterocycles. The highest BCUT2D eigenvalue weighted by atomic mass is 35.5. The number of hydrogen-bond donors (Lipinski definition) is 1. The lowest BCUT2D eigenvalue weighted by atomic mass is 10.2.